The molecular formula is C38H43F2N5O8S. The summed E-state index contributed by atoms with van der Waals surface area (Å²) in [6.45, 7) is 7.81. The SMILES string of the molecule is Cc1cc(C(Nc2cc3ccnc(N(C(=O)O)C(=O)OC(C)(C)C)c3cc2F)C(=O)N(C)Cc2cc(N)cc(F)c2S(=O)(=O)C2CC2)ccc1[C@@H](C)CO. The van der Waals surface area contributed by atoms with Crippen LogP contribution in [0.5, 0.6) is 0 Å². The van der Waals surface area contributed by atoms with Crippen LogP contribution in [0.1, 0.15) is 74.8 Å². The van der Waals surface area contributed by atoms with Crippen LogP contribution < -0.4 is 16.0 Å². The number of rotatable bonds is 11. The van der Waals surface area contributed by atoms with Gasteiger partial charge in [0.15, 0.2) is 15.7 Å². The Kier molecular flexibility index (Phi) is 11.2. The van der Waals surface area contributed by atoms with Crippen molar-refractivity contribution in [2.45, 2.75) is 81.7 Å². The van der Waals surface area contributed by atoms with Crippen LogP contribution in [0.15, 0.2) is 59.6 Å². The number of pyridine rings is 1. The number of hydrogen-bond donors (Lipinski definition) is 4. The number of nitrogens with two attached hydrogens (primary N) is 1. The van der Waals surface area contributed by atoms with Gasteiger partial charge in [-0.05, 0) is 98.5 Å². The number of aromatic nitrogens is 1. The summed E-state index contributed by atoms with van der Waals surface area (Å²) < 4.78 is 63.2. The molecule has 5 rings (SSSR count). The maximum Gasteiger partial charge on any atom is 0.425 e. The van der Waals surface area contributed by atoms with Crippen LogP contribution in [0.25, 0.3) is 10.8 Å². The van der Waals surface area contributed by atoms with Crippen molar-refractivity contribution in [1.82, 2.24) is 9.88 Å². The van der Waals surface area contributed by atoms with Crippen LogP contribution in [0.3, 0.4) is 0 Å². The molecule has 0 spiro atoms. The lowest BCUT2D eigenvalue weighted by Crippen LogP contribution is -2.40. The average Bonchev–Trinajstić information content (AvgIpc) is 3.92. The molecule has 54 heavy (non-hydrogen) atoms. The molecule has 0 bridgehead atoms. The van der Waals surface area contributed by atoms with E-state index in [1.165, 1.54) is 36.3 Å². The number of aliphatic hydroxyl groups excluding tert-OH is 1. The summed E-state index contributed by atoms with van der Waals surface area (Å²) in [6, 6.07) is 9.81. The minimum atomic E-state index is -4.04. The zero-order valence-electron chi connectivity index (χ0n) is 30.7. The van der Waals surface area contributed by atoms with Crippen molar-refractivity contribution in [3.63, 3.8) is 0 Å². The van der Waals surface area contributed by atoms with E-state index >= 15 is 8.78 Å². The van der Waals surface area contributed by atoms with Gasteiger partial charge in [0.1, 0.15) is 28.2 Å². The smallest absolute Gasteiger partial charge is 0.425 e. The van der Waals surface area contributed by atoms with E-state index in [4.69, 9.17) is 10.5 Å². The minimum Gasteiger partial charge on any atom is -0.464 e. The molecule has 1 heterocycles. The van der Waals surface area contributed by atoms with E-state index in [1.807, 2.05) is 6.92 Å². The third kappa shape index (κ3) is 8.39. The minimum absolute atomic E-state index is 0.0119. The van der Waals surface area contributed by atoms with Crippen molar-refractivity contribution in [1.29, 1.82) is 0 Å². The Labute approximate surface area is 311 Å². The van der Waals surface area contributed by atoms with Crippen LogP contribution in [0.2, 0.25) is 0 Å². The van der Waals surface area contributed by atoms with E-state index in [2.05, 4.69) is 10.3 Å². The van der Waals surface area contributed by atoms with E-state index in [0.717, 1.165) is 23.3 Å². The standard InChI is InChI=1S/C38H43F2N5O8S/c1-20-13-23(7-10-27(20)21(2)19-46)32(35(47)44(6)18-24-14-25(41)16-30(40)33(24)54(51,52)26-8-9-26)43-31-15-22-11-12-42-34(28(22)17-29(31)39)45(36(48)49)37(50)53-38(3,4)5/h7,10-17,21,26,32,43,46H,8-9,18-19,41H2,1-6H3,(H,48,49)/t21-,32?/m0/s1. The lowest BCUT2D eigenvalue weighted by atomic mass is 9.93. The monoisotopic (exact) mass is 767 g/mol. The molecule has 1 unspecified atom stereocenters. The third-order valence-corrected chi connectivity index (χ3v) is 11.3. The Morgan fingerprint density at radius 2 is 1.76 bits per heavy atom. The zero-order chi connectivity index (χ0) is 39.9. The van der Waals surface area contributed by atoms with Crippen molar-refractivity contribution in [3.05, 3.63) is 88.6 Å². The number of carbonyl (C=O) groups is 3. The Hall–Kier alpha value is -5.35. The number of halogens is 2. The highest BCUT2D eigenvalue weighted by Crippen LogP contribution is 2.38. The van der Waals surface area contributed by atoms with Gasteiger partial charge in [0, 0.05) is 43.4 Å². The molecule has 288 valence electrons. The van der Waals surface area contributed by atoms with Crippen molar-refractivity contribution >= 4 is 55.9 Å². The maximum atomic E-state index is 16.1. The summed E-state index contributed by atoms with van der Waals surface area (Å²) in [7, 11) is -2.65. The number of benzene rings is 3. The fourth-order valence-corrected chi connectivity index (χ4v) is 8.12. The molecule has 3 aromatic carbocycles. The Bertz CT molecular complexity index is 2240. The Morgan fingerprint density at radius 1 is 1.07 bits per heavy atom. The summed E-state index contributed by atoms with van der Waals surface area (Å²) in [5.41, 5.74) is 6.58. The first-order valence-corrected chi connectivity index (χ1v) is 18.7. The topological polar surface area (TPSA) is 192 Å². The molecule has 0 saturated heterocycles. The number of likely N-dealkylation sites (N-methyl/N-ethyl adjacent to an activating group) is 1. The molecule has 13 nitrogen and oxygen atoms in total. The molecule has 1 aromatic heterocycles. The van der Waals surface area contributed by atoms with Gasteiger partial charge in [0.25, 0.3) is 0 Å². The van der Waals surface area contributed by atoms with Gasteiger partial charge in [-0.1, -0.05) is 25.1 Å². The summed E-state index contributed by atoms with van der Waals surface area (Å²) in [6.07, 6.45) is -0.933. The number of fused-ring (bicyclic) bond motifs is 1. The molecule has 1 saturated carbocycles. The number of sulfone groups is 1. The molecule has 0 aliphatic heterocycles. The molecule has 1 fully saturated rings. The number of aryl methyl sites for hydroxylation is 1. The highest BCUT2D eigenvalue weighted by Gasteiger charge is 2.40. The molecule has 5 N–H and O–H groups in total. The molecular weight excluding hydrogens is 725 g/mol. The average molecular weight is 768 g/mol. The quantitative estimate of drug-likeness (QED) is 0.119. The number of imide groups is 1. The van der Waals surface area contributed by atoms with Crippen LogP contribution in [0.4, 0.5) is 35.6 Å². The lowest BCUT2D eigenvalue weighted by Gasteiger charge is -2.28. The number of aliphatic hydroxyl groups is 1. The van der Waals surface area contributed by atoms with Crippen LogP contribution >= 0.6 is 0 Å². The largest absolute Gasteiger partial charge is 0.464 e. The molecule has 1 aliphatic carbocycles. The van der Waals surface area contributed by atoms with Crippen molar-refractivity contribution in [3.8, 4) is 0 Å². The zero-order valence-corrected chi connectivity index (χ0v) is 31.5. The first-order chi connectivity index (χ1) is 25.2. The normalized spacial score (nSPS) is 14.3. The summed E-state index contributed by atoms with van der Waals surface area (Å²) in [5, 5.41) is 22.1. The van der Waals surface area contributed by atoms with Crippen LogP contribution in [-0.2, 0) is 25.9 Å². The Morgan fingerprint density at radius 3 is 2.35 bits per heavy atom. The number of hydrogen-bond acceptors (Lipinski definition) is 10. The number of nitrogen functional groups attached to an aromatic ring is 1. The van der Waals surface area contributed by atoms with Crippen LogP contribution in [-0.4, -0.2) is 71.1 Å². The fraction of sp³-hybridized carbons (Fsp3) is 0.368. The van der Waals surface area contributed by atoms with E-state index in [0.29, 0.717) is 18.4 Å². The summed E-state index contributed by atoms with van der Waals surface area (Å²) in [4.78, 5) is 44.5. The predicted molar refractivity (Wildman–Crippen MR) is 199 cm³/mol. The first-order valence-electron chi connectivity index (χ1n) is 17.1. The van der Waals surface area contributed by atoms with Gasteiger partial charge < -0.3 is 30.9 Å². The number of ether oxygens (including phenoxy) is 1. The second-order valence-corrected chi connectivity index (χ2v) is 16.7. The number of nitrogens with one attached hydrogen (secondary N) is 1. The van der Waals surface area contributed by atoms with Gasteiger partial charge in [0.2, 0.25) is 5.91 Å². The number of amides is 3. The van der Waals surface area contributed by atoms with E-state index < -0.39 is 67.2 Å². The van der Waals surface area contributed by atoms with Crippen LogP contribution in [0, 0.1) is 18.6 Å². The molecule has 2 atom stereocenters. The second-order valence-electron chi connectivity index (χ2n) is 14.5. The van der Waals surface area contributed by atoms with Gasteiger partial charge in [0.05, 0.1) is 10.9 Å². The highest BCUT2D eigenvalue weighted by atomic mass is 32.2. The number of carbonyl (C=O) groups excluding carboxylic acids is 2. The molecule has 4 aromatic rings. The van der Waals surface area contributed by atoms with Gasteiger partial charge in [-0.3, -0.25) is 4.79 Å². The van der Waals surface area contributed by atoms with E-state index in [-0.39, 0.29) is 51.7 Å². The fourth-order valence-electron chi connectivity index (χ4n) is 6.21. The molecule has 0 radical (unpaired) electrons. The van der Waals surface area contributed by atoms with E-state index in [9.17, 15) is 33.0 Å². The predicted octanol–water partition coefficient (Wildman–Crippen LogP) is 6.67. The van der Waals surface area contributed by atoms with Crippen molar-refractivity contribution < 1.29 is 46.5 Å². The molecule has 1 aliphatic rings. The Balaban J connectivity index is 1.57. The lowest BCUT2D eigenvalue weighted by molar-refractivity contribution is -0.131. The second kappa shape index (κ2) is 15.2. The van der Waals surface area contributed by atoms with Gasteiger partial charge in [-0.15, -0.1) is 0 Å². The highest BCUT2D eigenvalue weighted by molar-refractivity contribution is 7.92. The van der Waals surface area contributed by atoms with Crippen molar-refractivity contribution in [2.24, 2.45) is 0 Å². The number of anilines is 3. The van der Waals surface area contributed by atoms with E-state index in [1.54, 1.807) is 45.9 Å². The maximum absolute atomic E-state index is 16.1. The van der Waals surface area contributed by atoms with Crippen molar-refractivity contribution in [2.75, 3.05) is 29.6 Å². The number of carboxylic acid groups (broad SMARTS) is 1. The molecule has 3 amide bonds. The third-order valence-electron chi connectivity index (χ3n) is 8.96. The first kappa shape index (κ1) is 39.8. The number of nitrogens with zero attached hydrogens (tertiary/aromatic N) is 3. The summed E-state index contributed by atoms with van der Waals surface area (Å²) in [5.74, 6) is -3.21. The van der Waals surface area contributed by atoms with Gasteiger partial charge >= 0.3 is 12.2 Å². The summed E-state index contributed by atoms with van der Waals surface area (Å²) >= 11 is 0. The van der Waals surface area contributed by atoms with Gasteiger partial charge in [-0.2, -0.15) is 4.90 Å². The molecule has 16 heteroatoms. The van der Waals surface area contributed by atoms with Gasteiger partial charge in [-0.25, -0.2) is 31.8 Å².